The first-order chi connectivity index (χ1) is 12.8. The number of unbranched alkanes of at least 4 members (excludes halogenated alkanes) is 4. The Morgan fingerprint density at radius 2 is 1.93 bits per heavy atom. The Morgan fingerprint density at radius 1 is 1.22 bits per heavy atom. The summed E-state index contributed by atoms with van der Waals surface area (Å²) in [6, 6.07) is -0.0697. The number of aliphatic hydroxyl groups excluding tert-OH is 1. The lowest BCUT2D eigenvalue weighted by Gasteiger charge is -2.30. The monoisotopic (exact) mass is 401 g/mol. The van der Waals surface area contributed by atoms with Crippen molar-refractivity contribution in [2.75, 3.05) is 13.2 Å². The largest absolute Gasteiger partial charge is 0.394 e. The van der Waals surface area contributed by atoms with Gasteiger partial charge in [-0.3, -0.25) is 4.79 Å². The van der Waals surface area contributed by atoms with Gasteiger partial charge in [0.1, 0.15) is 0 Å². The van der Waals surface area contributed by atoms with Crippen LogP contribution in [-0.2, 0) is 9.53 Å². The van der Waals surface area contributed by atoms with Crippen LogP contribution in [0.5, 0.6) is 0 Å². The molecule has 2 heterocycles. The lowest BCUT2D eigenvalue weighted by molar-refractivity contribution is -0.135. The minimum atomic E-state index is -2.93. The molecule has 0 aromatic carbocycles. The summed E-state index contributed by atoms with van der Waals surface area (Å²) in [5, 5.41) is 9.49. The molecular weight excluding hydrogens is 361 g/mol. The predicted molar refractivity (Wildman–Crippen MR) is 110 cm³/mol. The van der Waals surface area contributed by atoms with E-state index in [1.807, 2.05) is 0 Å². The first kappa shape index (κ1) is 22.8. The van der Waals surface area contributed by atoms with E-state index in [2.05, 4.69) is 13.8 Å². The molecule has 0 saturated carbocycles. The first-order valence-electron chi connectivity index (χ1n) is 11.0. The quantitative estimate of drug-likeness (QED) is 0.329. The number of likely N-dealkylation sites (tertiary alicyclic amines) is 1. The highest BCUT2D eigenvalue weighted by atomic mass is 28.4. The first-order valence-corrected chi connectivity index (χ1v) is 14.0. The van der Waals surface area contributed by atoms with Crippen LogP contribution in [0.1, 0.15) is 71.6 Å². The molecule has 6 heteroatoms. The highest BCUT2D eigenvalue weighted by Gasteiger charge is 2.51. The number of rotatable bonds is 10. The summed E-state index contributed by atoms with van der Waals surface area (Å²) < 4.78 is 21.4. The predicted octanol–water partition coefficient (Wildman–Crippen LogP) is 4.67. The number of amides is 1. The highest BCUT2D eigenvalue weighted by molar-refractivity contribution is 6.72. The number of ether oxygens (including phenoxy) is 1. The second-order valence-corrected chi connectivity index (χ2v) is 12.9. The van der Waals surface area contributed by atoms with Crippen molar-refractivity contribution in [1.82, 2.24) is 4.90 Å². The number of halogens is 1. The van der Waals surface area contributed by atoms with Crippen molar-refractivity contribution < 1.29 is 18.7 Å². The normalized spacial score (nSPS) is 31.6. The molecule has 1 N–H and O–H groups in total. The molecule has 4 nitrogen and oxygen atoms in total. The van der Waals surface area contributed by atoms with E-state index in [1.165, 1.54) is 25.7 Å². The summed E-state index contributed by atoms with van der Waals surface area (Å²) in [6.45, 7) is 8.56. The van der Waals surface area contributed by atoms with Gasteiger partial charge in [-0.2, -0.15) is 0 Å². The summed E-state index contributed by atoms with van der Waals surface area (Å²) in [6.07, 6.45) is 8.88. The van der Waals surface area contributed by atoms with E-state index in [1.54, 1.807) is 18.0 Å². The molecule has 0 bridgehead atoms. The van der Waals surface area contributed by atoms with Crippen molar-refractivity contribution in [3.8, 4) is 0 Å². The number of carbonyl (C=O) groups is 1. The Hall–Kier alpha value is -0.463. The molecule has 2 saturated heterocycles. The molecule has 1 amide bonds. The molecule has 0 aromatic rings. The minimum Gasteiger partial charge on any atom is -0.394 e. The Kier molecular flexibility index (Phi) is 8.75. The molecule has 158 valence electrons. The Bertz CT molecular complexity index is 471. The van der Waals surface area contributed by atoms with Crippen LogP contribution >= 0.6 is 0 Å². The van der Waals surface area contributed by atoms with Gasteiger partial charge in [-0.1, -0.05) is 46.0 Å². The number of hydrogen-bond acceptors (Lipinski definition) is 3. The van der Waals surface area contributed by atoms with Crippen molar-refractivity contribution in [1.29, 1.82) is 0 Å². The van der Waals surface area contributed by atoms with Crippen LogP contribution in [0.3, 0.4) is 0 Å². The summed E-state index contributed by atoms with van der Waals surface area (Å²) in [4.78, 5) is 14.6. The second-order valence-electron chi connectivity index (χ2n) is 9.14. The number of carbonyl (C=O) groups excluding carboxylic acids is 1. The molecule has 0 radical (unpaired) electrons. The maximum atomic E-state index is 15.1. The fraction of sp³-hybridized carbons (Fsp3) is 0.952. The van der Waals surface area contributed by atoms with Crippen molar-refractivity contribution in [3.05, 3.63) is 0 Å². The van der Waals surface area contributed by atoms with Gasteiger partial charge in [-0.05, 0) is 38.3 Å². The zero-order chi connectivity index (χ0) is 20.0. The van der Waals surface area contributed by atoms with E-state index in [0.29, 0.717) is 6.54 Å². The van der Waals surface area contributed by atoms with Crippen LogP contribution in [0.15, 0.2) is 0 Å². The summed E-state index contributed by atoms with van der Waals surface area (Å²) in [5.74, 6) is 0.198. The molecule has 2 rings (SSSR count). The van der Waals surface area contributed by atoms with Gasteiger partial charge in [-0.15, -0.1) is 0 Å². The maximum absolute atomic E-state index is 15.1. The summed E-state index contributed by atoms with van der Waals surface area (Å²) in [7, 11) is -2.93. The second kappa shape index (κ2) is 10.4. The zero-order valence-electron chi connectivity index (χ0n) is 17.8. The van der Waals surface area contributed by atoms with Crippen LogP contribution in [0.4, 0.5) is 4.11 Å². The average Bonchev–Trinajstić information content (AvgIpc) is 3.18. The SMILES string of the molecule is CCCCCCC[C@H]1O[C@@H](CC(=O)N2CCC[C@H]2CO)[C@H]([Si](C)(C)F)[C@H]1C. The summed E-state index contributed by atoms with van der Waals surface area (Å²) >= 11 is 0. The molecule has 0 unspecified atom stereocenters. The van der Waals surface area contributed by atoms with E-state index in [0.717, 1.165) is 25.7 Å². The lowest BCUT2D eigenvalue weighted by Crippen LogP contribution is -2.42. The van der Waals surface area contributed by atoms with Crippen LogP contribution in [0, 0.1) is 5.92 Å². The molecule has 2 aliphatic rings. The van der Waals surface area contributed by atoms with Gasteiger partial charge in [0.05, 0.1) is 31.3 Å². The molecule has 2 aliphatic heterocycles. The van der Waals surface area contributed by atoms with Crippen LogP contribution in [-0.4, -0.2) is 55.7 Å². The third-order valence-corrected chi connectivity index (χ3v) is 9.05. The van der Waals surface area contributed by atoms with E-state index < -0.39 is 8.41 Å². The van der Waals surface area contributed by atoms with Gasteiger partial charge in [0, 0.05) is 12.1 Å². The van der Waals surface area contributed by atoms with Crippen LogP contribution < -0.4 is 0 Å². The van der Waals surface area contributed by atoms with Gasteiger partial charge < -0.3 is 18.9 Å². The van der Waals surface area contributed by atoms with Crippen LogP contribution in [0.25, 0.3) is 0 Å². The number of hydrogen-bond donors (Lipinski definition) is 1. The zero-order valence-corrected chi connectivity index (χ0v) is 18.8. The van der Waals surface area contributed by atoms with Crippen molar-refractivity contribution in [2.45, 2.75) is 109 Å². The van der Waals surface area contributed by atoms with E-state index >= 15 is 4.11 Å². The van der Waals surface area contributed by atoms with Gasteiger partial charge in [0.15, 0.2) is 0 Å². The highest BCUT2D eigenvalue weighted by Crippen LogP contribution is 2.47. The van der Waals surface area contributed by atoms with Crippen molar-refractivity contribution in [3.63, 3.8) is 0 Å². The third kappa shape index (κ3) is 6.01. The van der Waals surface area contributed by atoms with Crippen molar-refractivity contribution >= 4 is 14.3 Å². The van der Waals surface area contributed by atoms with Gasteiger partial charge >= 0.3 is 0 Å². The fourth-order valence-corrected chi connectivity index (χ4v) is 7.71. The maximum Gasteiger partial charge on any atom is 0.246 e. The molecule has 27 heavy (non-hydrogen) atoms. The third-order valence-electron chi connectivity index (χ3n) is 6.57. The Labute approximate surface area is 166 Å². The molecular formula is C21H40FNO3Si. The van der Waals surface area contributed by atoms with E-state index in [9.17, 15) is 9.90 Å². The average molecular weight is 402 g/mol. The summed E-state index contributed by atoms with van der Waals surface area (Å²) in [5.41, 5.74) is -0.128. The standard InChI is InChI=1S/C21H40FNO3Si/c1-5-6-7-8-9-12-18-16(2)21(27(3,4)22)19(26-18)14-20(25)23-13-10-11-17(23)15-24/h16-19,21,24H,5-15H2,1-4H3/t16-,17-,18+,19-,21+/m0/s1. The smallest absolute Gasteiger partial charge is 0.246 e. The molecule has 0 aromatic heterocycles. The molecule has 0 spiro atoms. The number of aliphatic hydroxyl groups is 1. The lowest BCUT2D eigenvalue weighted by atomic mass is 9.95. The van der Waals surface area contributed by atoms with E-state index in [4.69, 9.17) is 4.74 Å². The fourth-order valence-electron chi connectivity index (χ4n) is 5.17. The Morgan fingerprint density at radius 3 is 2.56 bits per heavy atom. The van der Waals surface area contributed by atoms with Gasteiger partial charge in [0.2, 0.25) is 14.3 Å². The van der Waals surface area contributed by atoms with E-state index in [-0.39, 0.29) is 48.6 Å². The van der Waals surface area contributed by atoms with Gasteiger partial charge in [-0.25, -0.2) is 0 Å². The topological polar surface area (TPSA) is 49.8 Å². The molecule has 5 atom stereocenters. The Balaban J connectivity index is 1.97. The van der Waals surface area contributed by atoms with Crippen LogP contribution in [0.2, 0.25) is 18.6 Å². The number of nitrogens with zero attached hydrogens (tertiary/aromatic N) is 1. The molecule has 2 fully saturated rings. The molecule has 0 aliphatic carbocycles. The van der Waals surface area contributed by atoms with Gasteiger partial charge in [0.25, 0.3) is 0 Å². The van der Waals surface area contributed by atoms with Crippen molar-refractivity contribution in [2.24, 2.45) is 5.92 Å². The minimum absolute atomic E-state index is 0.0147.